The van der Waals surface area contributed by atoms with E-state index in [1.165, 1.54) is 17.7 Å². The standard InChI is InChI=1S/C15H22N4O4S/c16-24(21,22)13-4-6-19(9-13)15(20)18-8-12-3-5-17-14(7-12)23-10-11-1-2-11/h3,5,7,11,13H,1-2,4,6,8-10H2,(H,18,20)(H2,16,21,22)/t13-/m1/s1. The molecule has 0 unspecified atom stereocenters. The van der Waals surface area contributed by atoms with Gasteiger partial charge in [0.2, 0.25) is 15.9 Å². The third kappa shape index (κ3) is 4.57. The highest BCUT2D eigenvalue weighted by Crippen LogP contribution is 2.29. The summed E-state index contributed by atoms with van der Waals surface area (Å²) in [6, 6.07) is 3.32. The first kappa shape index (κ1) is 17.0. The Morgan fingerprint density at radius 3 is 2.88 bits per heavy atom. The highest BCUT2D eigenvalue weighted by Gasteiger charge is 2.33. The van der Waals surface area contributed by atoms with Gasteiger partial charge in [-0.3, -0.25) is 0 Å². The summed E-state index contributed by atoms with van der Waals surface area (Å²) in [7, 11) is -3.60. The smallest absolute Gasteiger partial charge is 0.317 e. The molecule has 24 heavy (non-hydrogen) atoms. The number of sulfonamides is 1. The number of nitrogens with zero attached hydrogens (tertiary/aromatic N) is 2. The van der Waals surface area contributed by atoms with Crippen molar-refractivity contribution in [2.45, 2.75) is 31.1 Å². The lowest BCUT2D eigenvalue weighted by atomic mass is 10.2. The summed E-state index contributed by atoms with van der Waals surface area (Å²) >= 11 is 0. The van der Waals surface area contributed by atoms with E-state index in [1.807, 2.05) is 0 Å². The SMILES string of the molecule is NS(=O)(=O)[C@@H]1CCN(C(=O)NCc2ccnc(OCC3CC3)c2)C1. The van der Waals surface area contributed by atoms with Gasteiger partial charge in [-0.05, 0) is 36.8 Å². The Balaban J connectivity index is 1.48. The number of urea groups is 1. The number of ether oxygens (including phenoxy) is 1. The van der Waals surface area contributed by atoms with Crippen LogP contribution in [0.15, 0.2) is 18.3 Å². The van der Waals surface area contributed by atoms with Gasteiger partial charge in [0.1, 0.15) is 0 Å². The first-order chi connectivity index (χ1) is 11.4. The Kier molecular flexibility index (Phi) is 4.91. The van der Waals surface area contributed by atoms with Gasteiger partial charge in [-0.2, -0.15) is 0 Å². The molecule has 0 aromatic carbocycles. The normalized spacial score (nSPS) is 20.9. The van der Waals surface area contributed by atoms with Gasteiger partial charge in [0.25, 0.3) is 0 Å². The maximum absolute atomic E-state index is 12.1. The Hall–Kier alpha value is -1.87. The number of nitrogens with one attached hydrogen (secondary N) is 1. The number of primary sulfonamides is 1. The number of likely N-dealkylation sites (tertiary alicyclic amines) is 1. The van der Waals surface area contributed by atoms with E-state index in [0.717, 1.165) is 5.56 Å². The molecule has 9 heteroatoms. The van der Waals surface area contributed by atoms with Crippen molar-refractivity contribution >= 4 is 16.1 Å². The first-order valence-corrected chi connectivity index (χ1v) is 9.65. The van der Waals surface area contributed by atoms with Crippen LogP contribution in [-0.4, -0.2) is 49.3 Å². The number of hydrogen-bond acceptors (Lipinski definition) is 5. The van der Waals surface area contributed by atoms with Crippen LogP contribution in [-0.2, 0) is 16.6 Å². The average Bonchev–Trinajstić information content (AvgIpc) is 3.23. The highest BCUT2D eigenvalue weighted by atomic mass is 32.2. The van der Waals surface area contributed by atoms with Crippen LogP contribution in [0.3, 0.4) is 0 Å². The molecule has 1 aromatic rings. The quantitative estimate of drug-likeness (QED) is 0.769. The molecule has 3 rings (SSSR count). The van der Waals surface area contributed by atoms with E-state index >= 15 is 0 Å². The predicted molar refractivity (Wildman–Crippen MR) is 87.8 cm³/mol. The maximum Gasteiger partial charge on any atom is 0.317 e. The summed E-state index contributed by atoms with van der Waals surface area (Å²) in [6.07, 6.45) is 4.45. The minimum absolute atomic E-state index is 0.136. The second kappa shape index (κ2) is 6.94. The largest absolute Gasteiger partial charge is 0.477 e. The van der Waals surface area contributed by atoms with Crippen LogP contribution in [0.25, 0.3) is 0 Å². The molecule has 2 aliphatic rings. The van der Waals surface area contributed by atoms with Gasteiger partial charge < -0.3 is 15.0 Å². The molecule has 2 fully saturated rings. The van der Waals surface area contributed by atoms with E-state index in [4.69, 9.17) is 9.88 Å². The van der Waals surface area contributed by atoms with E-state index in [0.29, 0.717) is 37.9 Å². The van der Waals surface area contributed by atoms with Crippen molar-refractivity contribution in [2.75, 3.05) is 19.7 Å². The van der Waals surface area contributed by atoms with Gasteiger partial charge in [-0.1, -0.05) is 0 Å². The van der Waals surface area contributed by atoms with Gasteiger partial charge >= 0.3 is 6.03 Å². The number of carbonyl (C=O) groups is 1. The molecule has 1 aliphatic carbocycles. The van der Waals surface area contributed by atoms with E-state index in [9.17, 15) is 13.2 Å². The number of rotatable bonds is 6. The molecular formula is C15H22N4O4S. The molecule has 132 valence electrons. The molecule has 1 saturated heterocycles. The monoisotopic (exact) mass is 354 g/mol. The molecule has 2 heterocycles. The summed E-state index contributed by atoms with van der Waals surface area (Å²) in [5, 5.41) is 7.24. The van der Waals surface area contributed by atoms with Crippen molar-refractivity contribution in [3.8, 4) is 5.88 Å². The summed E-state index contributed by atoms with van der Waals surface area (Å²) in [5.41, 5.74) is 0.881. The summed E-state index contributed by atoms with van der Waals surface area (Å²) < 4.78 is 28.3. The third-order valence-electron chi connectivity index (χ3n) is 4.30. The topological polar surface area (TPSA) is 115 Å². The van der Waals surface area contributed by atoms with Gasteiger partial charge in [0.15, 0.2) is 0 Å². The fraction of sp³-hybridized carbons (Fsp3) is 0.600. The van der Waals surface area contributed by atoms with Crippen LogP contribution in [0.1, 0.15) is 24.8 Å². The van der Waals surface area contributed by atoms with Crippen molar-refractivity contribution in [1.29, 1.82) is 0 Å². The number of carbonyl (C=O) groups excluding carboxylic acids is 1. The van der Waals surface area contributed by atoms with Crippen molar-refractivity contribution in [3.05, 3.63) is 23.9 Å². The van der Waals surface area contributed by atoms with Gasteiger partial charge in [-0.15, -0.1) is 0 Å². The Bertz CT molecular complexity index is 705. The molecule has 1 aliphatic heterocycles. The Morgan fingerprint density at radius 2 is 2.21 bits per heavy atom. The Morgan fingerprint density at radius 1 is 1.42 bits per heavy atom. The summed E-state index contributed by atoms with van der Waals surface area (Å²) in [4.78, 5) is 17.8. The first-order valence-electron chi connectivity index (χ1n) is 8.04. The van der Waals surface area contributed by atoms with Crippen LogP contribution in [0.4, 0.5) is 4.79 Å². The molecular weight excluding hydrogens is 332 g/mol. The zero-order valence-corrected chi connectivity index (χ0v) is 14.2. The summed E-state index contributed by atoms with van der Waals surface area (Å²) in [6.45, 7) is 1.54. The number of hydrogen-bond donors (Lipinski definition) is 2. The fourth-order valence-corrected chi connectivity index (χ4v) is 3.42. The molecule has 1 aromatic heterocycles. The minimum Gasteiger partial charge on any atom is -0.477 e. The summed E-state index contributed by atoms with van der Waals surface area (Å²) in [5.74, 6) is 1.21. The van der Waals surface area contributed by atoms with E-state index in [-0.39, 0.29) is 12.6 Å². The lowest BCUT2D eigenvalue weighted by Gasteiger charge is -2.17. The molecule has 0 bridgehead atoms. The molecule has 3 N–H and O–H groups in total. The van der Waals surface area contributed by atoms with Gasteiger partial charge in [-0.25, -0.2) is 23.3 Å². The van der Waals surface area contributed by atoms with Crippen molar-refractivity contribution in [2.24, 2.45) is 11.1 Å². The molecule has 1 saturated carbocycles. The third-order valence-corrected chi connectivity index (χ3v) is 5.62. The molecule has 8 nitrogen and oxygen atoms in total. The lowest BCUT2D eigenvalue weighted by Crippen LogP contribution is -2.40. The predicted octanol–water partition coefficient (Wildman–Crippen LogP) is 0.443. The number of amides is 2. The van der Waals surface area contributed by atoms with Crippen LogP contribution < -0.4 is 15.2 Å². The van der Waals surface area contributed by atoms with E-state index in [2.05, 4.69) is 10.3 Å². The Labute approximate surface area is 141 Å². The average molecular weight is 354 g/mol. The number of pyridine rings is 1. The van der Waals surface area contributed by atoms with Crippen LogP contribution in [0.5, 0.6) is 5.88 Å². The van der Waals surface area contributed by atoms with E-state index < -0.39 is 15.3 Å². The van der Waals surface area contributed by atoms with E-state index in [1.54, 1.807) is 18.3 Å². The van der Waals surface area contributed by atoms with Crippen molar-refractivity contribution in [3.63, 3.8) is 0 Å². The minimum atomic E-state index is -3.60. The molecule has 1 atom stereocenters. The van der Waals surface area contributed by atoms with Crippen molar-refractivity contribution < 1.29 is 17.9 Å². The number of nitrogens with two attached hydrogens (primary N) is 1. The number of aromatic nitrogens is 1. The lowest BCUT2D eigenvalue weighted by molar-refractivity contribution is 0.208. The van der Waals surface area contributed by atoms with Crippen LogP contribution in [0.2, 0.25) is 0 Å². The zero-order chi connectivity index (χ0) is 17.2. The zero-order valence-electron chi connectivity index (χ0n) is 13.3. The van der Waals surface area contributed by atoms with Gasteiger partial charge in [0, 0.05) is 31.9 Å². The van der Waals surface area contributed by atoms with Crippen molar-refractivity contribution in [1.82, 2.24) is 15.2 Å². The maximum atomic E-state index is 12.1. The second-order valence-electron chi connectivity index (χ2n) is 6.36. The van der Waals surface area contributed by atoms with Crippen LogP contribution in [0, 0.1) is 5.92 Å². The second-order valence-corrected chi connectivity index (χ2v) is 8.21. The van der Waals surface area contributed by atoms with Gasteiger partial charge in [0.05, 0.1) is 11.9 Å². The molecule has 0 spiro atoms. The van der Waals surface area contributed by atoms with Crippen LogP contribution >= 0.6 is 0 Å². The fourth-order valence-electron chi connectivity index (χ4n) is 2.60. The molecule has 2 amide bonds. The molecule has 0 radical (unpaired) electrons. The highest BCUT2D eigenvalue weighted by molar-refractivity contribution is 7.89.